The van der Waals surface area contributed by atoms with Crippen LogP contribution in [0.4, 0.5) is 0 Å². The van der Waals surface area contributed by atoms with Gasteiger partial charge in [-0.05, 0) is 79.4 Å². The van der Waals surface area contributed by atoms with E-state index >= 15 is 0 Å². The average molecular weight is 594 g/mol. The SMILES string of the molecule is OCC(O)COc1c(I)cc(I)c(CCl)c1I. The van der Waals surface area contributed by atoms with Crippen molar-refractivity contribution < 1.29 is 14.9 Å². The molecule has 17 heavy (non-hydrogen) atoms. The van der Waals surface area contributed by atoms with Gasteiger partial charge in [0.25, 0.3) is 0 Å². The highest BCUT2D eigenvalue weighted by molar-refractivity contribution is 14.1. The summed E-state index contributed by atoms with van der Waals surface area (Å²) in [6.07, 6.45) is -0.861. The lowest BCUT2D eigenvalue weighted by Gasteiger charge is -2.15. The maximum absolute atomic E-state index is 9.27. The van der Waals surface area contributed by atoms with Gasteiger partial charge in [-0.2, -0.15) is 0 Å². The van der Waals surface area contributed by atoms with Gasteiger partial charge >= 0.3 is 0 Å². The lowest BCUT2D eigenvalue weighted by atomic mass is 10.2. The molecule has 1 rings (SSSR count). The number of hydrogen-bond donors (Lipinski definition) is 2. The molecule has 1 atom stereocenters. The fraction of sp³-hybridized carbons (Fsp3) is 0.400. The fourth-order valence-electron chi connectivity index (χ4n) is 1.10. The first-order valence-corrected chi connectivity index (χ1v) is 8.42. The minimum atomic E-state index is -0.861. The Kier molecular flexibility index (Phi) is 7.63. The van der Waals surface area contributed by atoms with Gasteiger partial charge in [0.15, 0.2) is 0 Å². The molecule has 0 saturated heterocycles. The smallest absolute Gasteiger partial charge is 0.146 e. The van der Waals surface area contributed by atoms with Crippen molar-refractivity contribution in [3.63, 3.8) is 0 Å². The number of aliphatic hydroxyl groups excluding tert-OH is 2. The van der Waals surface area contributed by atoms with Gasteiger partial charge in [-0.3, -0.25) is 0 Å². The fourth-order valence-corrected chi connectivity index (χ4v) is 5.89. The van der Waals surface area contributed by atoms with E-state index in [1.165, 1.54) is 0 Å². The van der Waals surface area contributed by atoms with Gasteiger partial charge in [0.05, 0.1) is 13.7 Å². The minimum Gasteiger partial charge on any atom is -0.489 e. The van der Waals surface area contributed by atoms with E-state index < -0.39 is 6.10 Å². The van der Waals surface area contributed by atoms with Gasteiger partial charge in [0.2, 0.25) is 0 Å². The number of halogens is 4. The average Bonchev–Trinajstić information content (AvgIpc) is 2.28. The molecule has 7 heteroatoms. The summed E-state index contributed by atoms with van der Waals surface area (Å²) < 4.78 is 8.55. The monoisotopic (exact) mass is 594 g/mol. The molecule has 1 aromatic rings. The molecule has 0 heterocycles. The number of alkyl halides is 1. The highest BCUT2D eigenvalue weighted by Crippen LogP contribution is 2.34. The van der Waals surface area contributed by atoms with Crippen LogP contribution < -0.4 is 4.74 Å². The second kappa shape index (κ2) is 7.88. The maximum atomic E-state index is 9.27. The van der Waals surface area contributed by atoms with Gasteiger partial charge in [0, 0.05) is 9.45 Å². The zero-order valence-electron chi connectivity index (χ0n) is 8.59. The molecule has 3 nitrogen and oxygen atoms in total. The van der Waals surface area contributed by atoms with Gasteiger partial charge in [-0.25, -0.2) is 0 Å². The number of rotatable bonds is 5. The van der Waals surface area contributed by atoms with Gasteiger partial charge in [-0.1, -0.05) is 0 Å². The van der Waals surface area contributed by atoms with E-state index in [0.29, 0.717) is 5.88 Å². The molecular weight excluding hydrogens is 584 g/mol. The van der Waals surface area contributed by atoms with Crippen LogP contribution in [0.15, 0.2) is 6.07 Å². The molecule has 96 valence electrons. The van der Waals surface area contributed by atoms with E-state index in [9.17, 15) is 5.11 Å². The maximum Gasteiger partial charge on any atom is 0.146 e. The summed E-state index contributed by atoms with van der Waals surface area (Å²) in [4.78, 5) is 0. The first-order valence-electron chi connectivity index (χ1n) is 4.65. The quantitative estimate of drug-likeness (QED) is 0.408. The van der Waals surface area contributed by atoms with E-state index in [2.05, 4.69) is 67.8 Å². The van der Waals surface area contributed by atoms with Crippen molar-refractivity contribution in [2.45, 2.75) is 12.0 Å². The van der Waals surface area contributed by atoms with Crippen molar-refractivity contribution in [1.82, 2.24) is 0 Å². The Balaban J connectivity index is 2.98. The third kappa shape index (κ3) is 4.48. The molecule has 1 aromatic carbocycles. The lowest BCUT2D eigenvalue weighted by Crippen LogP contribution is -2.22. The van der Waals surface area contributed by atoms with Gasteiger partial charge in [0.1, 0.15) is 18.5 Å². The molecule has 0 saturated carbocycles. The van der Waals surface area contributed by atoms with Crippen LogP contribution in [0.3, 0.4) is 0 Å². The zero-order chi connectivity index (χ0) is 13.0. The molecule has 0 spiro atoms. The van der Waals surface area contributed by atoms with Crippen LogP contribution in [-0.4, -0.2) is 29.5 Å². The first kappa shape index (κ1) is 16.5. The predicted molar refractivity (Wildman–Crippen MR) is 92.7 cm³/mol. The first-order chi connectivity index (χ1) is 8.01. The normalized spacial score (nSPS) is 12.6. The summed E-state index contributed by atoms with van der Waals surface area (Å²) in [6, 6.07) is 1.99. The third-order valence-electron chi connectivity index (χ3n) is 1.99. The van der Waals surface area contributed by atoms with Gasteiger partial charge in [-0.15, -0.1) is 11.6 Å². The Bertz CT molecular complexity index is 401. The summed E-state index contributed by atoms with van der Waals surface area (Å²) in [5.74, 6) is 1.14. The Morgan fingerprint density at radius 3 is 2.47 bits per heavy atom. The van der Waals surface area contributed by atoms with Crippen molar-refractivity contribution in [3.8, 4) is 5.75 Å². The second-order valence-corrected chi connectivity index (χ2v) is 6.91. The summed E-state index contributed by atoms with van der Waals surface area (Å²) in [5.41, 5.74) is 1.03. The molecule has 1 unspecified atom stereocenters. The molecule has 0 bridgehead atoms. The highest BCUT2D eigenvalue weighted by Gasteiger charge is 2.15. The summed E-state index contributed by atoms with van der Waals surface area (Å²) >= 11 is 12.5. The topological polar surface area (TPSA) is 49.7 Å². The van der Waals surface area contributed by atoms with E-state index in [0.717, 1.165) is 22.0 Å². The van der Waals surface area contributed by atoms with Crippen LogP contribution in [-0.2, 0) is 5.88 Å². The largest absolute Gasteiger partial charge is 0.489 e. The summed E-state index contributed by atoms with van der Waals surface area (Å²) in [5, 5.41) is 18.0. The Morgan fingerprint density at radius 2 is 1.94 bits per heavy atom. The molecule has 0 aliphatic carbocycles. The number of hydrogen-bond acceptors (Lipinski definition) is 3. The summed E-state index contributed by atoms with van der Waals surface area (Å²) in [7, 11) is 0. The molecule has 0 radical (unpaired) electrons. The molecule has 0 aliphatic rings. The van der Waals surface area contributed by atoms with Crippen LogP contribution in [0, 0.1) is 10.7 Å². The van der Waals surface area contributed by atoms with Crippen LogP contribution in [0.1, 0.15) is 5.56 Å². The number of aliphatic hydroxyl groups is 2. The third-order valence-corrected chi connectivity index (χ3v) is 5.16. The minimum absolute atomic E-state index is 0.0742. The van der Waals surface area contributed by atoms with E-state index in [1.54, 1.807) is 0 Å². The molecule has 0 aliphatic heterocycles. The Morgan fingerprint density at radius 1 is 1.29 bits per heavy atom. The number of benzene rings is 1. The van der Waals surface area contributed by atoms with Crippen molar-refractivity contribution in [2.75, 3.05) is 13.2 Å². The molecule has 0 aromatic heterocycles. The Labute approximate surface area is 146 Å². The van der Waals surface area contributed by atoms with Crippen LogP contribution in [0.5, 0.6) is 5.75 Å². The summed E-state index contributed by atoms with van der Waals surface area (Å²) in [6.45, 7) is -0.231. The van der Waals surface area contributed by atoms with Crippen molar-refractivity contribution in [1.29, 1.82) is 0 Å². The standard InChI is InChI=1S/C10H10ClI3O3/c11-2-6-7(12)1-8(13)10(9(6)14)17-4-5(16)3-15/h1,5,15-16H,2-4H2. The molecular formula is C10H10ClI3O3. The lowest BCUT2D eigenvalue weighted by molar-refractivity contribution is 0.0530. The van der Waals surface area contributed by atoms with Crippen LogP contribution in [0.25, 0.3) is 0 Å². The van der Waals surface area contributed by atoms with Gasteiger partial charge < -0.3 is 14.9 Å². The highest BCUT2D eigenvalue weighted by atomic mass is 127. The van der Waals surface area contributed by atoms with Crippen molar-refractivity contribution >= 4 is 79.4 Å². The van der Waals surface area contributed by atoms with Crippen LogP contribution >= 0.6 is 79.4 Å². The Hall–Kier alpha value is 1.42. The predicted octanol–water partition coefficient (Wildman–Crippen LogP) is 2.97. The van der Waals surface area contributed by atoms with Crippen LogP contribution in [0.2, 0.25) is 0 Å². The molecule has 2 N–H and O–H groups in total. The number of ether oxygens (including phenoxy) is 1. The van der Waals surface area contributed by atoms with Crippen molar-refractivity contribution in [3.05, 3.63) is 22.3 Å². The molecule has 0 amide bonds. The van der Waals surface area contributed by atoms with E-state index in [1.807, 2.05) is 6.07 Å². The van der Waals surface area contributed by atoms with E-state index in [4.69, 9.17) is 21.4 Å². The van der Waals surface area contributed by atoms with E-state index in [-0.39, 0.29) is 13.2 Å². The second-order valence-electron chi connectivity index (χ2n) is 3.24. The van der Waals surface area contributed by atoms with Crippen molar-refractivity contribution in [2.24, 2.45) is 0 Å². The zero-order valence-corrected chi connectivity index (χ0v) is 15.8. The molecule has 0 fully saturated rings.